The van der Waals surface area contributed by atoms with Crippen LogP contribution in [0.25, 0.3) is 0 Å². The van der Waals surface area contributed by atoms with Crippen molar-refractivity contribution in [3.63, 3.8) is 0 Å². The molecule has 1 fully saturated rings. The van der Waals surface area contributed by atoms with E-state index in [4.69, 9.17) is 0 Å². The van der Waals surface area contributed by atoms with Gasteiger partial charge in [-0.15, -0.1) is 0 Å². The van der Waals surface area contributed by atoms with E-state index in [1.165, 1.54) is 4.31 Å². The predicted octanol–water partition coefficient (Wildman–Crippen LogP) is 2.11. The van der Waals surface area contributed by atoms with Gasteiger partial charge < -0.3 is 5.32 Å². The maximum atomic E-state index is 12.5. The fourth-order valence-corrected chi connectivity index (χ4v) is 4.93. The number of rotatable bonds is 2. The van der Waals surface area contributed by atoms with E-state index in [9.17, 15) is 8.42 Å². The van der Waals surface area contributed by atoms with Crippen molar-refractivity contribution in [1.29, 1.82) is 0 Å². The molecule has 2 rings (SSSR count). The van der Waals surface area contributed by atoms with Gasteiger partial charge in [-0.3, -0.25) is 0 Å². The lowest BCUT2D eigenvalue weighted by molar-refractivity contribution is 0.360. The van der Waals surface area contributed by atoms with E-state index >= 15 is 0 Å². The molecule has 1 aliphatic rings. The molecule has 1 aliphatic heterocycles. The summed E-state index contributed by atoms with van der Waals surface area (Å²) in [4.78, 5) is 0.321. The molecule has 1 aromatic rings. The van der Waals surface area contributed by atoms with E-state index in [0.717, 1.165) is 10.0 Å². The Morgan fingerprint density at radius 2 is 1.78 bits per heavy atom. The van der Waals surface area contributed by atoms with Gasteiger partial charge in [0.25, 0.3) is 0 Å². The summed E-state index contributed by atoms with van der Waals surface area (Å²) in [6.07, 6.45) is 0. The van der Waals surface area contributed by atoms with Gasteiger partial charge in [-0.05, 0) is 40.5 Å². The zero-order valence-electron chi connectivity index (χ0n) is 9.91. The summed E-state index contributed by atoms with van der Waals surface area (Å²) in [6, 6.07) is 3.48. The molecule has 0 bridgehead atoms. The third-order valence-corrected chi connectivity index (χ3v) is 6.62. The van der Waals surface area contributed by atoms with Crippen LogP contribution >= 0.6 is 31.9 Å². The third kappa shape index (κ3) is 2.80. The Balaban J connectivity index is 2.43. The van der Waals surface area contributed by atoms with Crippen LogP contribution in [0.4, 0.5) is 0 Å². The number of hydrogen-bond acceptors (Lipinski definition) is 3. The van der Waals surface area contributed by atoms with E-state index in [0.29, 0.717) is 35.5 Å². The second-order valence-corrected chi connectivity index (χ2v) is 7.80. The maximum Gasteiger partial charge on any atom is 0.244 e. The lowest BCUT2D eigenvalue weighted by Crippen LogP contribution is -2.46. The van der Waals surface area contributed by atoms with Crippen molar-refractivity contribution in [3.8, 4) is 0 Å². The number of nitrogens with zero attached hydrogens (tertiary/aromatic N) is 1. The molecule has 0 amide bonds. The minimum absolute atomic E-state index is 0.321. The average Bonchev–Trinajstić information content (AvgIpc) is 2.34. The van der Waals surface area contributed by atoms with Crippen molar-refractivity contribution >= 4 is 41.9 Å². The number of sulfonamides is 1. The molecule has 0 aromatic heterocycles. The van der Waals surface area contributed by atoms with E-state index in [1.807, 2.05) is 13.0 Å². The molecule has 0 radical (unpaired) electrons. The number of halogens is 2. The zero-order valence-corrected chi connectivity index (χ0v) is 13.9. The summed E-state index contributed by atoms with van der Waals surface area (Å²) in [5.74, 6) is 0. The van der Waals surface area contributed by atoms with Gasteiger partial charge >= 0.3 is 0 Å². The van der Waals surface area contributed by atoms with E-state index in [1.54, 1.807) is 6.07 Å². The highest BCUT2D eigenvalue weighted by molar-refractivity contribution is 9.11. The molecular formula is C11H14Br2N2O2S. The van der Waals surface area contributed by atoms with E-state index < -0.39 is 10.0 Å². The Hall–Kier alpha value is 0.0500. The molecule has 0 spiro atoms. The summed E-state index contributed by atoms with van der Waals surface area (Å²) in [6.45, 7) is 4.35. The highest BCUT2D eigenvalue weighted by Crippen LogP contribution is 2.30. The van der Waals surface area contributed by atoms with Gasteiger partial charge in [-0.25, -0.2) is 8.42 Å². The molecule has 0 saturated carbocycles. The highest BCUT2D eigenvalue weighted by Gasteiger charge is 2.28. The number of benzene rings is 1. The first-order valence-electron chi connectivity index (χ1n) is 5.59. The van der Waals surface area contributed by atoms with Crippen molar-refractivity contribution in [2.45, 2.75) is 11.8 Å². The smallest absolute Gasteiger partial charge is 0.244 e. The Morgan fingerprint density at radius 1 is 1.17 bits per heavy atom. The topological polar surface area (TPSA) is 49.4 Å². The fourth-order valence-electron chi connectivity index (χ4n) is 1.85. The lowest BCUT2D eigenvalue weighted by atomic mass is 10.2. The number of nitrogens with one attached hydrogen (secondary N) is 1. The molecular weight excluding hydrogens is 384 g/mol. The summed E-state index contributed by atoms with van der Waals surface area (Å²) >= 11 is 6.72. The van der Waals surface area contributed by atoms with Gasteiger partial charge in [0.05, 0.1) is 4.90 Å². The van der Waals surface area contributed by atoms with Crippen LogP contribution in [-0.2, 0) is 10.0 Å². The Kier molecular flexibility index (Phi) is 4.48. The van der Waals surface area contributed by atoms with Crippen LogP contribution in [0.15, 0.2) is 26.0 Å². The first-order valence-corrected chi connectivity index (χ1v) is 8.62. The summed E-state index contributed by atoms with van der Waals surface area (Å²) in [7, 11) is -3.42. The molecule has 100 valence electrons. The normalized spacial score (nSPS) is 17.9. The number of piperazine rings is 1. The zero-order chi connectivity index (χ0) is 13.3. The minimum Gasteiger partial charge on any atom is -0.314 e. The van der Waals surface area contributed by atoms with Gasteiger partial charge in [0.1, 0.15) is 0 Å². The maximum absolute atomic E-state index is 12.5. The van der Waals surface area contributed by atoms with Crippen LogP contribution in [0.2, 0.25) is 0 Å². The Bertz CT molecular complexity index is 554. The van der Waals surface area contributed by atoms with Crippen LogP contribution in [0, 0.1) is 6.92 Å². The quantitative estimate of drug-likeness (QED) is 0.831. The Labute approximate surface area is 124 Å². The summed E-state index contributed by atoms with van der Waals surface area (Å²) < 4.78 is 28.0. The molecule has 1 heterocycles. The highest BCUT2D eigenvalue weighted by atomic mass is 79.9. The van der Waals surface area contributed by atoms with Crippen molar-refractivity contribution < 1.29 is 8.42 Å². The van der Waals surface area contributed by atoms with Crippen LogP contribution in [0.1, 0.15) is 5.56 Å². The van der Waals surface area contributed by atoms with Crippen molar-refractivity contribution in [1.82, 2.24) is 9.62 Å². The monoisotopic (exact) mass is 396 g/mol. The fraction of sp³-hybridized carbons (Fsp3) is 0.455. The molecule has 1 aromatic carbocycles. The predicted molar refractivity (Wildman–Crippen MR) is 78.2 cm³/mol. The molecule has 1 N–H and O–H groups in total. The standard InChI is InChI=1S/C11H14Br2N2O2S/c1-8-6-10(13)11(7-9(8)12)18(16,17)15-4-2-14-3-5-15/h6-7,14H,2-5H2,1H3. The van der Waals surface area contributed by atoms with Crippen molar-refractivity contribution in [2.75, 3.05) is 26.2 Å². The molecule has 0 unspecified atom stereocenters. The second kappa shape index (κ2) is 5.58. The molecule has 0 aliphatic carbocycles. The molecule has 7 heteroatoms. The van der Waals surface area contributed by atoms with Gasteiger partial charge in [0, 0.05) is 35.1 Å². The molecule has 0 atom stereocenters. The first-order chi connectivity index (χ1) is 8.43. The van der Waals surface area contributed by atoms with Crippen LogP contribution in [-0.4, -0.2) is 38.9 Å². The van der Waals surface area contributed by atoms with E-state index in [-0.39, 0.29) is 0 Å². The van der Waals surface area contributed by atoms with Crippen LogP contribution < -0.4 is 5.32 Å². The van der Waals surface area contributed by atoms with Gasteiger partial charge in [0.15, 0.2) is 0 Å². The molecule has 4 nitrogen and oxygen atoms in total. The minimum atomic E-state index is -3.42. The number of hydrogen-bond donors (Lipinski definition) is 1. The van der Waals surface area contributed by atoms with Crippen molar-refractivity contribution in [2.24, 2.45) is 0 Å². The third-order valence-electron chi connectivity index (χ3n) is 2.91. The molecule has 1 saturated heterocycles. The van der Waals surface area contributed by atoms with Gasteiger partial charge in [-0.1, -0.05) is 15.9 Å². The van der Waals surface area contributed by atoms with Gasteiger partial charge in [-0.2, -0.15) is 4.31 Å². The average molecular weight is 398 g/mol. The van der Waals surface area contributed by atoms with Crippen LogP contribution in [0.5, 0.6) is 0 Å². The lowest BCUT2D eigenvalue weighted by Gasteiger charge is -2.27. The van der Waals surface area contributed by atoms with E-state index in [2.05, 4.69) is 37.2 Å². The van der Waals surface area contributed by atoms with Crippen molar-refractivity contribution in [3.05, 3.63) is 26.6 Å². The van der Waals surface area contributed by atoms with Gasteiger partial charge in [0.2, 0.25) is 10.0 Å². The number of aryl methyl sites for hydroxylation is 1. The first kappa shape index (κ1) is 14.5. The summed E-state index contributed by atoms with van der Waals surface area (Å²) in [5, 5.41) is 3.15. The largest absolute Gasteiger partial charge is 0.314 e. The van der Waals surface area contributed by atoms with Crippen LogP contribution in [0.3, 0.4) is 0 Å². The summed E-state index contributed by atoms with van der Waals surface area (Å²) in [5.41, 5.74) is 1.00. The second-order valence-electron chi connectivity index (χ2n) is 4.19. The molecule has 18 heavy (non-hydrogen) atoms. The SMILES string of the molecule is Cc1cc(Br)c(S(=O)(=O)N2CCNCC2)cc1Br. The Morgan fingerprint density at radius 3 is 2.39 bits per heavy atom.